The van der Waals surface area contributed by atoms with Crippen molar-refractivity contribution in [3.63, 3.8) is 0 Å². The lowest BCUT2D eigenvalue weighted by atomic mass is 10.1. The number of allylic oxidation sites excluding steroid dienone is 1. The van der Waals surface area contributed by atoms with Crippen LogP contribution in [0.1, 0.15) is 21.7 Å². The summed E-state index contributed by atoms with van der Waals surface area (Å²) in [7, 11) is 0. The van der Waals surface area contributed by atoms with Crippen molar-refractivity contribution in [2.24, 2.45) is 0 Å². The van der Waals surface area contributed by atoms with Gasteiger partial charge in [0.1, 0.15) is 22.8 Å². The Hall–Kier alpha value is -2.82. The molecule has 2 N–H and O–H groups in total. The fraction of sp³-hybridized carbons (Fsp3) is 0.0667. The van der Waals surface area contributed by atoms with E-state index >= 15 is 0 Å². The number of benzene rings is 1. The number of carbonyl (C=O) groups is 1. The lowest BCUT2D eigenvalue weighted by molar-refractivity contribution is 0.103. The molecule has 102 valence electrons. The Morgan fingerprint density at radius 3 is 2.50 bits per heavy atom. The lowest BCUT2D eigenvalue weighted by Crippen LogP contribution is -2.13. The van der Waals surface area contributed by atoms with Crippen LogP contribution >= 0.6 is 0 Å². The normalized spacial score (nSPS) is 11.3. The summed E-state index contributed by atoms with van der Waals surface area (Å²) < 4.78 is 4.75. The second-order valence-corrected chi connectivity index (χ2v) is 4.16. The molecule has 0 bridgehead atoms. The second-order valence-electron chi connectivity index (χ2n) is 4.16. The van der Waals surface area contributed by atoms with E-state index in [1.54, 1.807) is 30.3 Å². The standard InChI is InChI=1S/C15H12O5/c1-9-7-12(17)14(15(19)20-9)13(18)8-11(16)10-5-3-2-4-6-10/h2-8,16-17H,1H3/b11-8-. The predicted molar refractivity (Wildman–Crippen MR) is 72.8 cm³/mol. The number of aliphatic hydroxyl groups excluding tert-OH is 1. The van der Waals surface area contributed by atoms with Gasteiger partial charge < -0.3 is 14.6 Å². The molecular weight excluding hydrogens is 260 g/mol. The summed E-state index contributed by atoms with van der Waals surface area (Å²) in [6.45, 7) is 1.48. The molecule has 0 amide bonds. The third-order valence-electron chi connectivity index (χ3n) is 2.64. The van der Waals surface area contributed by atoms with Crippen molar-refractivity contribution < 1.29 is 19.4 Å². The third kappa shape index (κ3) is 2.77. The molecule has 2 aromatic rings. The number of rotatable bonds is 3. The van der Waals surface area contributed by atoms with Gasteiger partial charge >= 0.3 is 5.63 Å². The molecule has 0 saturated carbocycles. The van der Waals surface area contributed by atoms with Gasteiger partial charge in [-0.25, -0.2) is 4.79 Å². The number of hydrogen-bond donors (Lipinski definition) is 2. The quantitative estimate of drug-likeness (QED) is 0.509. The maximum Gasteiger partial charge on any atom is 0.351 e. The Morgan fingerprint density at radius 1 is 1.25 bits per heavy atom. The minimum absolute atomic E-state index is 0.195. The number of hydrogen-bond acceptors (Lipinski definition) is 5. The molecule has 0 radical (unpaired) electrons. The highest BCUT2D eigenvalue weighted by Gasteiger charge is 2.17. The second kappa shape index (κ2) is 5.44. The van der Waals surface area contributed by atoms with Gasteiger partial charge in [-0.05, 0) is 6.92 Å². The van der Waals surface area contributed by atoms with Crippen molar-refractivity contribution >= 4 is 11.5 Å². The SMILES string of the molecule is Cc1cc(O)c(C(=O)/C=C(\O)c2ccccc2)c(=O)o1. The predicted octanol–water partition coefficient (Wildman–Crippen LogP) is 2.44. The first-order valence-corrected chi connectivity index (χ1v) is 5.83. The summed E-state index contributed by atoms with van der Waals surface area (Å²) in [6.07, 6.45) is 0.872. The molecule has 0 aliphatic carbocycles. The van der Waals surface area contributed by atoms with Crippen LogP contribution in [0.3, 0.4) is 0 Å². The van der Waals surface area contributed by atoms with Crippen LogP contribution in [0.15, 0.2) is 51.7 Å². The zero-order chi connectivity index (χ0) is 14.7. The molecule has 2 rings (SSSR count). The van der Waals surface area contributed by atoms with Crippen molar-refractivity contribution in [3.05, 3.63) is 69.8 Å². The highest BCUT2D eigenvalue weighted by Crippen LogP contribution is 2.17. The lowest BCUT2D eigenvalue weighted by Gasteiger charge is -2.02. The molecule has 1 heterocycles. The van der Waals surface area contributed by atoms with Crippen LogP contribution in [0.2, 0.25) is 0 Å². The minimum Gasteiger partial charge on any atom is -0.507 e. The maximum absolute atomic E-state index is 11.9. The van der Waals surface area contributed by atoms with Crippen molar-refractivity contribution in [1.82, 2.24) is 0 Å². The van der Waals surface area contributed by atoms with Gasteiger partial charge in [0, 0.05) is 17.7 Å². The zero-order valence-corrected chi connectivity index (χ0v) is 10.7. The molecule has 1 aromatic carbocycles. The van der Waals surface area contributed by atoms with Crippen molar-refractivity contribution in [1.29, 1.82) is 0 Å². The van der Waals surface area contributed by atoms with E-state index in [2.05, 4.69) is 0 Å². The molecule has 0 atom stereocenters. The van der Waals surface area contributed by atoms with Gasteiger partial charge in [-0.1, -0.05) is 30.3 Å². The van der Waals surface area contributed by atoms with E-state index in [1.165, 1.54) is 13.0 Å². The Bertz CT molecular complexity index is 726. The highest BCUT2D eigenvalue weighted by atomic mass is 16.4. The maximum atomic E-state index is 11.9. The van der Waals surface area contributed by atoms with Gasteiger partial charge in [-0.2, -0.15) is 0 Å². The summed E-state index contributed by atoms with van der Waals surface area (Å²) in [6, 6.07) is 9.54. The van der Waals surface area contributed by atoms with E-state index in [0.717, 1.165) is 6.08 Å². The van der Waals surface area contributed by atoms with E-state index in [0.29, 0.717) is 5.56 Å². The van der Waals surface area contributed by atoms with Gasteiger partial charge in [-0.3, -0.25) is 4.79 Å². The van der Waals surface area contributed by atoms with Gasteiger partial charge in [0.2, 0.25) is 5.78 Å². The first-order valence-electron chi connectivity index (χ1n) is 5.83. The number of aryl methyl sites for hydroxylation is 1. The molecule has 0 aliphatic rings. The summed E-state index contributed by atoms with van der Waals surface area (Å²) in [5.41, 5.74) is -1.01. The largest absolute Gasteiger partial charge is 0.507 e. The molecule has 0 unspecified atom stereocenters. The number of aliphatic hydroxyl groups is 1. The fourth-order valence-electron chi connectivity index (χ4n) is 1.71. The topological polar surface area (TPSA) is 87.7 Å². The monoisotopic (exact) mass is 272 g/mol. The first-order chi connectivity index (χ1) is 9.49. The van der Waals surface area contributed by atoms with Crippen LogP contribution in [-0.2, 0) is 0 Å². The summed E-state index contributed by atoms with van der Waals surface area (Å²) in [5, 5.41) is 19.4. The summed E-state index contributed by atoms with van der Waals surface area (Å²) in [5.74, 6) is -1.39. The Balaban J connectivity index is 2.41. The van der Waals surface area contributed by atoms with E-state index < -0.39 is 22.7 Å². The molecule has 0 spiro atoms. The summed E-state index contributed by atoms with van der Waals surface area (Å²) >= 11 is 0. The summed E-state index contributed by atoms with van der Waals surface area (Å²) in [4.78, 5) is 23.5. The average Bonchev–Trinajstić information content (AvgIpc) is 2.38. The van der Waals surface area contributed by atoms with Crippen LogP contribution in [0, 0.1) is 6.92 Å². The van der Waals surface area contributed by atoms with E-state index in [1.807, 2.05) is 0 Å². The number of ketones is 1. The highest BCUT2D eigenvalue weighted by molar-refractivity contribution is 6.09. The van der Waals surface area contributed by atoms with Crippen LogP contribution in [0.4, 0.5) is 0 Å². The first kappa shape index (κ1) is 13.6. The number of aromatic hydroxyl groups is 1. The molecule has 20 heavy (non-hydrogen) atoms. The Kier molecular flexibility index (Phi) is 3.70. The van der Waals surface area contributed by atoms with Gasteiger partial charge in [-0.15, -0.1) is 0 Å². The fourth-order valence-corrected chi connectivity index (χ4v) is 1.71. The molecular formula is C15H12O5. The van der Waals surface area contributed by atoms with Gasteiger partial charge in [0.25, 0.3) is 0 Å². The molecule has 5 heteroatoms. The Morgan fingerprint density at radius 2 is 1.90 bits per heavy atom. The van der Waals surface area contributed by atoms with E-state index in [4.69, 9.17) is 4.42 Å². The van der Waals surface area contributed by atoms with Crippen LogP contribution < -0.4 is 5.63 Å². The molecule has 1 aromatic heterocycles. The zero-order valence-electron chi connectivity index (χ0n) is 10.7. The molecule has 0 saturated heterocycles. The van der Waals surface area contributed by atoms with Gasteiger partial charge in [0.15, 0.2) is 0 Å². The van der Waals surface area contributed by atoms with Crippen molar-refractivity contribution in [3.8, 4) is 5.75 Å². The van der Waals surface area contributed by atoms with Crippen LogP contribution in [0.5, 0.6) is 5.75 Å². The minimum atomic E-state index is -0.940. The van der Waals surface area contributed by atoms with Crippen molar-refractivity contribution in [2.45, 2.75) is 6.92 Å². The van der Waals surface area contributed by atoms with Gasteiger partial charge in [0.05, 0.1) is 0 Å². The Labute approximate surface area is 114 Å². The average molecular weight is 272 g/mol. The van der Waals surface area contributed by atoms with Crippen LogP contribution in [0.25, 0.3) is 5.76 Å². The van der Waals surface area contributed by atoms with Crippen LogP contribution in [-0.4, -0.2) is 16.0 Å². The van der Waals surface area contributed by atoms with Crippen molar-refractivity contribution in [2.75, 3.05) is 0 Å². The third-order valence-corrected chi connectivity index (χ3v) is 2.64. The molecule has 5 nitrogen and oxygen atoms in total. The smallest absolute Gasteiger partial charge is 0.351 e. The van der Waals surface area contributed by atoms with E-state index in [9.17, 15) is 19.8 Å². The molecule has 0 fully saturated rings. The number of carbonyl (C=O) groups excluding carboxylic acids is 1. The molecule has 0 aliphatic heterocycles. The van der Waals surface area contributed by atoms with E-state index in [-0.39, 0.29) is 11.5 Å².